The number of carbonyl (C=O) groups excluding carboxylic acids is 2. The second kappa shape index (κ2) is 10.1. The monoisotopic (exact) mass is 525 g/mol. The molecule has 3 aromatic heterocycles. The summed E-state index contributed by atoms with van der Waals surface area (Å²) in [5.74, 6) is -0.790. The minimum atomic E-state index is -0.368. The fourth-order valence-electron chi connectivity index (χ4n) is 4.43. The number of fused-ring (bicyclic) bond motifs is 1. The van der Waals surface area contributed by atoms with Gasteiger partial charge >= 0.3 is 0 Å². The van der Waals surface area contributed by atoms with Crippen LogP contribution in [0.5, 0.6) is 11.8 Å². The van der Waals surface area contributed by atoms with Crippen molar-refractivity contribution in [1.29, 1.82) is 0 Å². The van der Waals surface area contributed by atoms with Crippen LogP contribution in [0.1, 0.15) is 16.1 Å². The van der Waals surface area contributed by atoms with E-state index in [2.05, 4.69) is 15.2 Å². The molecule has 4 heterocycles. The molecule has 0 unspecified atom stereocenters. The van der Waals surface area contributed by atoms with Crippen molar-refractivity contribution in [2.75, 3.05) is 36.4 Å². The number of nitrogens with one attached hydrogen (secondary N) is 1. The Morgan fingerprint density at radius 3 is 2.44 bits per heavy atom. The summed E-state index contributed by atoms with van der Waals surface area (Å²) < 4.78 is 1.79. The number of amides is 2. The average Bonchev–Trinajstić information content (AvgIpc) is 3.44. The lowest BCUT2D eigenvalue weighted by molar-refractivity contribution is -0.131. The van der Waals surface area contributed by atoms with Crippen molar-refractivity contribution in [3.8, 4) is 11.8 Å². The predicted molar refractivity (Wildman–Crippen MR) is 140 cm³/mol. The number of rotatable bonds is 6. The number of benzene rings is 1. The molecule has 0 spiro atoms. The zero-order valence-electron chi connectivity index (χ0n) is 19.2. The highest BCUT2D eigenvalue weighted by Crippen LogP contribution is 2.41. The first-order valence-corrected chi connectivity index (χ1v) is 12.6. The Hall–Kier alpha value is -3.76. The van der Waals surface area contributed by atoms with Crippen molar-refractivity contribution in [3.05, 3.63) is 64.1 Å². The summed E-state index contributed by atoms with van der Waals surface area (Å²) in [5, 5.41) is 25.2. The lowest BCUT2D eigenvalue weighted by Crippen LogP contribution is -2.48. The van der Waals surface area contributed by atoms with Crippen molar-refractivity contribution in [2.45, 2.75) is 13.0 Å². The van der Waals surface area contributed by atoms with Crippen LogP contribution in [0.2, 0.25) is 4.34 Å². The van der Waals surface area contributed by atoms with Crippen molar-refractivity contribution in [1.82, 2.24) is 14.5 Å². The van der Waals surface area contributed by atoms with E-state index in [1.807, 2.05) is 12.1 Å². The van der Waals surface area contributed by atoms with Gasteiger partial charge in [0, 0.05) is 62.6 Å². The van der Waals surface area contributed by atoms with Crippen molar-refractivity contribution in [3.63, 3.8) is 0 Å². The summed E-state index contributed by atoms with van der Waals surface area (Å²) in [6, 6.07) is 12.1. The van der Waals surface area contributed by atoms with Crippen LogP contribution in [0.25, 0.3) is 10.8 Å². The normalized spacial score (nSPS) is 13.8. The molecule has 0 atom stereocenters. The van der Waals surface area contributed by atoms with Crippen LogP contribution in [-0.4, -0.2) is 62.7 Å². The Bertz CT molecular complexity index is 1410. The molecule has 1 aliphatic rings. The number of carbonyl (C=O) groups is 2. The van der Waals surface area contributed by atoms with E-state index in [1.54, 1.807) is 47.6 Å². The highest BCUT2D eigenvalue weighted by molar-refractivity contribution is 7.18. The van der Waals surface area contributed by atoms with Gasteiger partial charge < -0.3 is 25.3 Å². The molecule has 36 heavy (non-hydrogen) atoms. The molecule has 0 radical (unpaired) electrons. The summed E-state index contributed by atoms with van der Waals surface area (Å²) in [7, 11) is 0. The minimum absolute atomic E-state index is 0.0518. The molecule has 1 saturated heterocycles. The maximum absolute atomic E-state index is 12.9. The molecule has 1 aromatic carbocycles. The van der Waals surface area contributed by atoms with Crippen LogP contribution in [0, 0.1) is 0 Å². The van der Waals surface area contributed by atoms with Gasteiger partial charge in [0.05, 0.1) is 20.3 Å². The van der Waals surface area contributed by atoms with Crippen LogP contribution in [0.4, 0.5) is 11.4 Å². The zero-order chi connectivity index (χ0) is 25.2. The largest absolute Gasteiger partial charge is 0.494 e. The maximum Gasteiger partial charge on any atom is 0.265 e. The molecule has 1 aliphatic heterocycles. The van der Waals surface area contributed by atoms with Crippen molar-refractivity contribution < 1.29 is 19.8 Å². The number of piperazine rings is 1. The topological polar surface area (TPSA) is 111 Å². The first-order chi connectivity index (χ1) is 17.4. The molecule has 3 N–H and O–H groups in total. The van der Waals surface area contributed by atoms with Gasteiger partial charge in [0.2, 0.25) is 17.7 Å². The predicted octanol–water partition coefficient (Wildman–Crippen LogP) is 4.15. The molecule has 11 heteroatoms. The number of pyridine rings is 1. The van der Waals surface area contributed by atoms with Crippen LogP contribution < -0.4 is 10.2 Å². The molecular formula is C25H24ClN5O4S. The highest BCUT2D eigenvalue weighted by atomic mass is 35.5. The highest BCUT2D eigenvalue weighted by Gasteiger charge is 2.24. The first-order valence-electron chi connectivity index (χ1n) is 11.4. The average molecular weight is 526 g/mol. The third kappa shape index (κ3) is 4.69. The maximum atomic E-state index is 12.9. The van der Waals surface area contributed by atoms with E-state index in [0.29, 0.717) is 38.8 Å². The van der Waals surface area contributed by atoms with Gasteiger partial charge in [-0.1, -0.05) is 17.7 Å². The van der Waals surface area contributed by atoms with E-state index < -0.39 is 0 Å². The molecular weight excluding hydrogens is 502 g/mol. The molecule has 0 bridgehead atoms. The van der Waals surface area contributed by atoms with E-state index in [9.17, 15) is 19.8 Å². The van der Waals surface area contributed by atoms with E-state index in [-0.39, 0.29) is 36.5 Å². The number of thiophene rings is 1. The number of nitrogens with zero attached hydrogens (tertiary/aromatic N) is 4. The molecule has 4 aromatic rings. The van der Waals surface area contributed by atoms with Gasteiger partial charge in [0.15, 0.2) is 0 Å². The van der Waals surface area contributed by atoms with Crippen LogP contribution in [0.15, 0.2) is 54.9 Å². The number of aromatic hydroxyl groups is 2. The molecule has 0 aliphatic carbocycles. The van der Waals surface area contributed by atoms with Gasteiger partial charge in [-0.25, -0.2) is 0 Å². The minimum Gasteiger partial charge on any atom is -0.494 e. The molecule has 1 fully saturated rings. The Labute approximate surface area is 216 Å². The molecule has 2 amide bonds. The lowest BCUT2D eigenvalue weighted by Gasteiger charge is -2.36. The van der Waals surface area contributed by atoms with Crippen LogP contribution >= 0.6 is 22.9 Å². The number of hydrogen-bond donors (Lipinski definition) is 3. The van der Waals surface area contributed by atoms with Crippen LogP contribution in [-0.2, 0) is 11.3 Å². The molecule has 9 nitrogen and oxygen atoms in total. The van der Waals surface area contributed by atoms with Gasteiger partial charge in [-0.05, 0) is 36.4 Å². The summed E-state index contributed by atoms with van der Waals surface area (Å²) in [5.41, 5.74) is 1.43. The third-order valence-electron chi connectivity index (χ3n) is 6.30. The standard InChI is InChI=1S/C25H24ClN5O4S/c26-20-5-4-19(36-20)23(33)28-18-3-1-2-17-22(18)25(35)31(24(17)34)11-8-21(32)30-14-12-29(13-15-30)16-6-9-27-10-7-16/h1-7,9-10,34-35H,8,11-15H2,(H,28,33). The second-order valence-electron chi connectivity index (χ2n) is 8.41. The SMILES string of the molecule is O=C(Nc1cccc2c(O)n(CCC(=O)N3CCN(c4ccncc4)CC3)c(O)c12)c1ccc(Cl)s1. The lowest BCUT2D eigenvalue weighted by atomic mass is 10.2. The fourth-order valence-corrected chi connectivity index (χ4v) is 5.37. The van der Waals surface area contributed by atoms with Gasteiger partial charge in [-0.15, -0.1) is 11.3 Å². The summed E-state index contributed by atoms with van der Waals surface area (Å²) >= 11 is 7.08. The van der Waals surface area contributed by atoms with E-state index >= 15 is 0 Å². The van der Waals surface area contributed by atoms with E-state index in [0.717, 1.165) is 30.1 Å². The van der Waals surface area contributed by atoms with Crippen molar-refractivity contribution >= 4 is 56.9 Å². The van der Waals surface area contributed by atoms with Gasteiger partial charge in [0.25, 0.3) is 5.91 Å². The fraction of sp³-hybridized carbons (Fsp3) is 0.240. The number of anilines is 2. The van der Waals surface area contributed by atoms with Gasteiger partial charge in [-0.2, -0.15) is 0 Å². The smallest absolute Gasteiger partial charge is 0.265 e. The Morgan fingerprint density at radius 2 is 1.75 bits per heavy atom. The Morgan fingerprint density at radius 1 is 1.00 bits per heavy atom. The second-order valence-corrected chi connectivity index (χ2v) is 10.1. The van der Waals surface area contributed by atoms with Gasteiger partial charge in [-0.3, -0.25) is 19.1 Å². The molecule has 5 rings (SSSR count). The van der Waals surface area contributed by atoms with Gasteiger partial charge in [0.1, 0.15) is 0 Å². The van der Waals surface area contributed by atoms with E-state index in [4.69, 9.17) is 11.6 Å². The number of aromatic nitrogens is 2. The molecule has 0 saturated carbocycles. The summed E-state index contributed by atoms with van der Waals surface area (Å²) in [6.07, 6.45) is 3.62. The quantitative estimate of drug-likeness (QED) is 0.349. The summed E-state index contributed by atoms with van der Waals surface area (Å²) in [6.45, 7) is 2.73. The van der Waals surface area contributed by atoms with Crippen molar-refractivity contribution in [2.24, 2.45) is 0 Å². The number of hydrogen-bond acceptors (Lipinski definition) is 7. The zero-order valence-corrected chi connectivity index (χ0v) is 20.8. The number of halogens is 1. The van der Waals surface area contributed by atoms with Crippen LogP contribution in [0.3, 0.4) is 0 Å². The first kappa shape index (κ1) is 24.0. The molecule has 186 valence electrons. The Balaban J connectivity index is 1.27. The third-order valence-corrected chi connectivity index (χ3v) is 7.52. The van der Waals surface area contributed by atoms with E-state index in [1.165, 1.54) is 4.57 Å². The Kier molecular flexibility index (Phi) is 6.71. The summed E-state index contributed by atoms with van der Waals surface area (Å²) in [4.78, 5) is 34.0.